The van der Waals surface area contributed by atoms with E-state index in [9.17, 15) is 9.59 Å². The van der Waals surface area contributed by atoms with E-state index in [4.69, 9.17) is 0 Å². The van der Waals surface area contributed by atoms with Crippen molar-refractivity contribution in [1.82, 2.24) is 15.0 Å². The number of nitrogens with zero attached hydrogens (tertiary/aromatic N) is 2. The zero-order valence-corrected chi connectivity index (χ0v) is 16.9. The number of hydrogen-bond acceptors (Lipinski definition) is 7. The number of hydrogen-bond donors (Lipinski definition) is 2. The molecular formula is C17H18N4O2S3. The van der Waals surface area contributed by atoms with Crippen LogP contribution in [0.5, 0.6) is 0 Å². The Kier molecular flexibility index (Phi) is 4.85. The van der Waals surface area contributed by atoms with Gasteiger partial charge in [0.15, 0.2) is 10.3 Å². The number of anilines is 1. The summed E-state index contributed by atoms with van der Waals surface area (Å²) < 4.78 is 0. The number of fused-ring (bicyclic) bond motifs is 3. The number of H-pyrrole nitrogens is 1. The van der Waals surface area contributed by atoms with Gasteiger partial charge in [-0.25, -0.2) is 9.97 Å². The molecule has 1 unspecified atom stereocenters. The van der Waals surface area contributed by atoms with Crippen LogP contribution < -0.4 is 10.9 Å². The number of carbonyl (C=O) groups excluding carboxylic acids is 1. The summed E-state index contributed by atoms with van der Waals surface area (Å²) in [5, 5.41) is 6.46. The van der Waals surface area contributed by atoms with Gasteiger partial charge in [0.2, 0.25) is 5.91 Å². The van der Waals surface area contributed by atoms with Gasteiger partial charge in [0.1, 0.15) is 4.83 Å². The highest BCUT2D eigenvalue weighted by Crippen LogP contribution is 2.36. The molecule has 26 heavy (non-hydrogen) atoms. The quantitative estimate of drug-likeness (QED) is 0.510. The van der Waals surface area contributed by atoms with Crippen LogP contribution >= 0.6 is 34.4 Å². The molecule has 1 atom stereocenters. The summed E-state index contributed by atoms with van der Waals surface area (Å²) in [5.41, 5.74) is 1.95. The summed E-state index contributed by atoms with van der Waals surface area (Å²) in [6, 6.07) is 0. The summed E-state index contributed by atoms with van der Waals surface area (Å²) >= 11 is 4.25. The fraction of sp³-hybridized carbons (Fsp3) is 0.412. The van der Waals surface area contributed by atoms with E-state index in [-0.39, 0.29) is 17.2 Å². The molecule has 3 heterocycles. The lowest BCUT2D eigenvalue weighted by molar-refractivity contribution is -0.113. The van der Waals surface area contributed by atoms with Crippen LogP contribution in [0.1, 0.15) is 29.5 Å². The van der Waals surface area contributed by atoms with E-state index >= 15 is 0 Å². The van der Waals surface area contributed by atoms with E-state index < -0.39 is 0 Å². The number of rotatable bonds is 4. The highest BCUT2D eigenvalue weighted by atomic mass is 32.2. The third-order valence-corrected chi connectivity index (χ3v) is 7.25. The Hall–Kier alpha value is -1.71. The van der Waals surface area contributed by atoms with Crippen molar-refractivity contribution in [2.45, 2.75) is 38.3 Å². The maximum Gasteiger partial charge on any atom is 0.260 e. The smallest absolute Gasteiger partial charge is 0.260 e. The molecule has 0 spiro atoms. The molecule has 9 heteroatoms. The van der Waals surface area contributed by atoms with Gasteiger partial charge in [0.05, 0.1) is 16.8 Å². The van der Waals surface area contributed by atoms with Crippen molar-refractivity contribution in [3.05, 3.63) is 31.9 Å². The molecule has 2 N–H and O–H groups in total. The molecule has 0 aliphatic heterocycles. The number of amides is 1. The second kappa shape index (κ2) is 7.13. The predicted octanol–water partition coefficient (Wildman–Crippen LogP) is 3.61. The molecule has 4 rings (SSSR count). The van der Waals surface area contributed by atoms with Gasteiger partial charge in [0.25, 0.3) is 5.56 Å². The number of thiazole rings is 1. The van der Waals surface area contributed by atoms with Crippen LogP contribution in [0.15, 0.2) is 15.3 Å². The third kappa shape index (κ3) is 3.56. The lowest BCUT2D eigenvalue weighted by Gasteiger charge is -2.17. The molecule has 0 bridgehead atoms. The second-order valence-electron chi connectivity index (χ2n) is 6.53. The average molecular weight is 407 g/mol. The SMILES string of the molecule is Cc1csc(NC(=O)CSc2nc3sc4c(c3c(=O)[nH]2)CCC(C)C4)n1. The van der Waals surface area contributed by atoms with Crippen LogP contribution in [-0.2, 0) is 17.6 Å². The molecule has 6 nitrogen and oxygen atoms in total. The van der Waals surface area contributed by atoms with Crippen molar-refractivity contribution < 1.29 is 4.79 Å². The van der Waals surface area contributed by atoms with E-state index in [0.717, 1.165) is 35.2 Å². The van der Waals surface area contributed by atoms with Crippen LogP contribution in [0.4, 0.5) is 5.13 Å². The molecule has 3 aromatic heterocycles. The highest BCUT2D eigenvalue weighted by molar-refractivity contribution is 7.99. The summed E-state index contributed by atoms with van der Waals surface area (Å²) in [6.45, 7) is 4.13. The highest BCUT2D eigenvalue weighted by Gasteiger charge is 2.23. The van der Waals surface area contributed by atoms with Gasteiger partial charge in [-0.3, -0.25) is 9.59 Å². The minimum absolute atomic E-state index is 0.0968. The van der Waals surface area contributed by atoms with Gasteiger partial charge in [0, 0.05) is 10.3 Å². The monoisotopic (exact) mass is 406 g/mol. The second-order valence-corrected chi connectivity index (χ2v) is 9.44. The lowest BCUT2D eigenvalue weighted by Crippen LogP contribution is -2.16. The van der Waals surface area contributed by atoms with Crippen LogP contribution in [0.25, 0.3) is 10.2 Å². The Morgan fingerprint density at radius 2 is 2.31 bits per heavy atom. The Morgan fingerprint density at radius 1 is 1.46 bits per heavy atom. The fourth-order valence-electron chi connectivity index (χ4n) is 3.10. The zero-order valence-electron chi connectivity index (χ0n) is 14.4. The molecule has 1 aliphatic carbocycles. The summed E-state index contributed by atoms with van der Waals surface area (Å²) in [4.78, 5) is 38.3. The maximum atomic E-state index is 12.5. The summed E-state index contributed by atoms with van der Waals surface area (Å²) in [7, 11) is 0. The molecule has 0 radical (unpaired) electrons. The molecule has 136 valence electrons. The molecule has 0 fully saturated rings. The molecule has 0 saturated heterocycles. The Morgan fingerprint density at radius 3 is 3.08 bits per heavy atom. The summed E-state index contributed by atoms with van der Waals surface area (Å²) in [5.74, 6) is 0.669. The topological polar surface area (TPSA) is 87.7 Å². The Balaban J connectivity index is 1.50. The van der Waals surface area contributed by atoms with Crippen molar-refractivity contribution in [1.29, 1.82) is 0 Å². The Labute approximate surface area is 162 Å². The average Bonchev–Trinajstić information content (AvgIpc) is 3.15. The van der Waals surface area contributed by atoms with Crippen LogP contribution in [0.3, 0.4) is 0 Å². The fourth-order valence-corrected chi connectivity index (χ4v) is 5.90. The number of carbonyl (C=O) groups is 1. The standard InChI is InChI=1S/C17H18N4O2S3/c1-8-3-4-10-11(5-8)26-15-13(10)14(23)20-17(21-15)25-7-12(22)19-16-18-9(2)6-24-16/h6,8H,3-5,7H2,1-2H3,(H,18,19,22)(H,20,21,23). The molecular weight excluding hydrogens is 388 g/mol. The molecule has 1 aliphatic rings. The first-order valence-corrected chi connectivity index (χ1v) is 11.1. The lowest BCUT2D eigenvalue weighted by atomic mass is 9.89. The minimum atomic E-state index is -0.161. The van der Waals surface area contributed by atoms with E-state index in [2.05, 4.69) is 27.2 Å². The molecule has 0 aromatic carbocycles. The van der Waals surface area contributed by atoms with Gasteiger partial charge in [-0.05, 0) is 37.7 Å². The number of thiophene rings is 1. The normalized spacial score (nSPS) is 16.6. The third-order valence-electron chi connectivity index (χ3n) is 4.35. The first-order chi connectivity index (χ1) is 12.5. The van der Waals surface area contributed by atoms with Crippen LogP contribution in [-0.4, -0.2) is 26.6 Å². The number of aromatic amines is 1. The number of aryl methyl sites for hydroxylation is 2. The largest absolute Gasteiger partial charge is 0.301 e. The van der Waals surface area contributed by atoms with Crippen LogP contribution in [0.2, 0.25) is 0 Å². The molecule has 3 aromatic rings. The maximum absolute atomic E-state index is 12.5. The first-order valence-electron chi connectivity index (χ1n) is 8.39. The van der Waals surface area contributed by atoms with Crippen LogP contribution in [0, 0.1) is 12.8 Å². The van der Waals surface area contributed by atoms with E-state index in [1.807, 2.05) is 12.3 Å². The van der Waals surface area contributed by atoms with Gasteiger partial charge >= 0.3 is 0 Å². The van der Waals surface area contributed by atoms with E-state index in [1.54, 1.807) is 11.3 Å². The minimum Gasteiger partial charge on any atom is -0.301 e. The first kappa shape index (κ1) is 17.7. The van der Waals surface area contributed by atoms with Crippen molar-refractivity contribution in [3.63, 3.8) is 0 Å². The van der Waals surface area contributed by atoms with Gasteiger partial charge in [-0.15, -0.1) is 22.7 Å². The van der Waals surface area contributed by atoms with E-state index in [1.165, 1.54) is 33.5 Å². The van der Waals surface area contributed by atoms with Gasteiger partial charge < -0.3 is 10.3 Å². The number of aromatic nitrogens is 3. The Bertz CT molecular complexity index is 1040. The number of nitrogens with one attached hydrogen (secondary N) is 2. The predicted molar refractivity (Wildman–Crippen MR) is 108 cm³/mol. The van der Waals surface area contributed by atoms with Crippen molar-refractivity contribution in [2.75, 3.05) is 11.1 Å². The van der Waals surface area contributed by atoms with Gasteiger partial charge in [-0.2, -0.15) is 0 Å². The molecule has 1 amide bonds. The molecule has 0 saturated carbocycles. The van der Waals surface area contributed by atoms with Gasteiger partial charge in [-0.1, -0.05) is 18.7 Å². The van der Waals surface area contributed by atoms with Crippen molar-refractivity contribution in [3.8, 4) is 0 Å². The number of thioether (sulfide) groups is 1. The zero-order chi connectivity index (χ0) is 18.3. The van der Waals surface area contributed by atoms with E-state index in [0.29, 0.717) is 16.2 Å². The van der Waals surface area contributed by atoms with Crippen molar-refractivity contribution >= 4 is 55.7 Å². The van der Waals surface area contributed by atoms with Crippen molar-refractivity contribution in [2.24, 2.45) is 5.92 Å². The summed E-state index contributed by atoms with van der Waals surface area (Å²) in [6.07, 6.45) is 3.09.